The minimum absolute atomic E-state index is 0.0473. The van der Waals surface area contributed by atoms with Gasteiger partial charge in [-0.1, -0.05) is 13.0 Å². The van der Waals surface area contributed by atoms with Crippen LogP contribution in [0.1, 0.15) is 30.9 Å². The Balaban J connectivity index is 1.80. The molecule has 2 aliphatic heterocycles. The topological polar surface area (TPSA) is 60.0 Å². The van der Waals surface area contributed by atoms with Gasteiger partial charge in [-0.25, -0.2) is 0 Å². The van der Waals surface area contributed by atoms with Gasteiger partial charge in [0.2, 0.25) is 0 Å². The lowest BCUT2D eigenvalue weighted by Gasteiger charge is -2.66. The highest BCUT2D eigenvalue weighted by molar-refractivity contribution is 5.58. The van der Waals surface area contributed by atoms with Crippen LogP contribution in [-0.4, -0.2) is 44.3 Å². The maximum atomic E-state index is 10.5. The molecule has 3 unspecified atom stereocenters. The number of methoxy groups -OCH3 is 2. The molecule has 2 aliphatic carbocycles. The first-order chi connectivity index (χ1) is 12.1. The molecule has 2 bridgehead atoms. The summed E-state index contributed by atoms with van der Waals surface area (Å²) in [5.41, 5.74) is 2.49. The molecule has 5 atom stereocenters. The maximum Gasteiger partial charge on any atom is 0.177 e. The van der Waals surface area contributed by atoms with E-state index in [-0.39, 0.29) is 23.0 Å². The Labute approximate surface area is 148 Å². The number of piperidine rings is 1. The van der Waals surface area contributed by atoms with E-state index < -0.39 is 5.79 Å². The summed E-state index contributed by atoms with van der Waals surface area (Å²) in [5.74, 6) is 1.27. The molecule has 2 N–H and O–H groups in total. The molecule has 0 amide bonds. The van der Waals surface area contributed by atoms with Crippen molar-refractivity contribution in [3.8, 4) is 11.5 Å². The predicted molar refractivity (Wildman–Crippen MR) is 92.9 cm³/mol. The van der Waals surface area contributed by atoms with Gasteiger partial charge in [0.15, 0.2) is 17.3 Å². The molecule has 1 spiro atoms. The van der Waals surface area contributed by atoms with Crippen molar-refractivity contribution in [2.24, 2.45) is 17.8 Å². The van der Waals surface area contributed by atoms with Crippen LogP contribution < -0.4 is 10.1 Å². The molecule has 4 aliphatic rings. The number of aromatic hydroxyl groups is 1. The summed E-state index contributed by atoms with van der Waals surface area (Å²) < 4.78 is 18.3. The zero-order valence-electron chi connectivity index (χ0n) is 15.2. The number of phenols is 1. The number of ether oxygens (including phenoxy) is 3. The first kappa shape index (κ1) is 15.9. The van der Waals surface area contributed by atoms with Gasteiger partial charge in [0.25, 0.3) is 0 Å². The highest BCUT2D eigenvalue weighted by Crippen LogP contribution is 2.65. The highest BCUT2D eigenvalue weighted by atomic mass is 16.7. The third-order valence-corrected chi connectivity index (χ3v) is 7.66. The maximum absolute atomic E-state index is 10.5. The van der Waals surface area contributed by atoms with E-state index in [1.807, 2.05) is 0 Å². The third-order valence-electron chi connectivity index (χ3n) is 7.66. The number of hydrogen-bond donors (Lipinski definition) is 2. The number of phenolic OH excluding ortho intramolecular Hbond substituents is 1. The van der Waals surface area contributed by atoms with Gasteiger partial charge in [-0.2, -0.15) is 0 Å². The minimum Gasteiger partial charge on any atom is -0.504 e. The monoisotopic (exact) mass is 345 g/mol. The summed E-state index contributed by atoms with van der Waals surface area (Å²) in [6.45, 7) is 3.76. The van der Waals surface area contributed by atoms with Crippen molar-refractivity contribution >= 4 is 0 Å². The summed E-state index contributed by atoms with van der Waals surface area (Å²) in [7, 11) is 3.52. The summed E-state index contributed by atoms with van der Waals surface area (Å²) in [4.78, 5) is 0. The summed E-state index contributed by atoms with van der Waals surface area (Å²) in [5, 5.41) is 14.2. The fraction of sp³-hybridized carbons (Fsp3) is 0.700. The van der Waals surface area contributed by atoms with Crippen molar-refractivity contribution in [1.82, 2.24) is 5.32 Å². The first-order valence-electron chi connectivity index (χ1n) is 9.40. The molecule has 2 heterocycles. The van der Waals surface area contributed by atoms with Gasteiger partial charge in [-0.15, -0.1) is 0 Å². The normalized spacial score (nSPS) is 40.1. The Morgan fingerprint density at radius 3 is 2.84 bits per heavy atom. The van der Waals surface area contributed by atoms with Crippen LogP contribution in [0.15, 0.2) is 12.1 Å². The molecule has 5 rings (SSSR count). The van der Waals surface area contributed by atoms with E-state index >= 15 is 0 Å². The van der Waals surface area contributed by atoms with Crippen LogP contribution in [0.4, 0.5) is 0 Å². The van der Waals surface area contributed by atoms with Crippen LogP contribution in [0, 0.1) is 17.8 Å². The van der Waals surface area contributed by atoms with E-state index in [1.54, 1.807) is 20.3 Å². The second kappa shape index (κ2) is 5.12. The van der Waals surface area contributed by atoms with Crippen molar-refractivity contribution < 1.29 is 19.3 Å². The van der Waals surface area contributed by atoms with Gasteiger partial charge in [0.05, 0.1) is 12.5 Å². The van der Waals surface area contributed by atoms with Gasteiger partial charge in [0, 0.05) is 37.2 Å². The lowest BCUT2D eigenvalue weighted by molar-refractivity contribution is -0.316. The molecule has 1 aromatic rings. The minimum atomic E-state index is -0.643. The zero-order valence-corrected chi connectivity index (χ0v) is 15.2. The lowest BCUT2D eigenvalue weighted by atomic mass is 9.45. The molecule has 25 heavy (non-hydrogen) atoms. The van der Waals surface area contributed by atoms with Crippen LogP contribution in [0.3, 0.4) is 0 Å². The summed E-state index contributed by atoms with van der Waals surface area (Å²) in [6.07, 6.45) is 3.10. The van der Waals surface area contributed by atoms with E-state index in [2.05, 4.69) is 18.3 Å². The molecule has 136 valence electrons. The lowest BCUT2D eigenvalue weighted by Crippen LogP contribution is -2.72. The van der Waals surface area contributed by atoms with Gasteiger partial charge in [0.1, 0.15) is 0 Å². The second-order valence-electron chi connectivity index (χ2n) is 8.24. The van der Waals surface area contributed by atoms with Crippen molar-refractivity contribution in [3.63, 3.8) is 0 Å². The highest BCUT2D eigenvalue weighted by Gasteiger charge is 2.68. The molecule has 2 fully saturated rings. The molecule has 0 radical (unpaired) electrons. The molecular formula is C20H27NO4. The quantitative estimate of drug-likeness (QED) is 0.805. The van der Waals surface area contributed by atoms with Crippen molar-refractivity contribution in [2.45, 2.75) is 43.4 Å². The average Bonchev–Trinajstić information content (AvgIpc) is 2.61. The molecule has 0 aromatic heterocycles. The molecular weight excluding hydrogens is 318 g/mol. The standard InChI is InChI=1S/C20H27NO4/c1-11-8-13-14-9-12-4-5-15(22)18-17(12)19(13,6-7-21-14)16(10-25-18)20(11,23-2)24-3/h4-5,11,13-14,16,21-22H,6-10H2,1-3H3/t11?,13?,14-,16?,19-/m1/s1. The molecule has 1 aromatic carbocycles. The fourth-order valence-corrected chi connectivity index (χ4v) is 6.78. The van der Waals surface area contributed by atoms with Gasteiger partial charge in [-0.05, 0) is 43.4 Å². The molecule has 1 saturated carbocycles. The van der Waals surface area contributed by atoms with Crippen molar-refractivity contribution in [2.75, 3.05) is 27.4 Å². The number of benzene rings is 1. The van der Waals surface area contributed by atoms with Crippen molar-refractivity contribution in [3.05, 3.63) is 23.3 Å². The molecule has 5 heteroatoms. The van der Waals surface area contributed by atoms with Gasteiger partial charge < -0.3 is 24.6 Å². The van der Waals surface area contributed by atoms with Crippen LogP contribution in [0.25, 0.3) is 0 Å². The zero-order chi connectivity index (χ0) is 17.4. The van der Waals surface area contributed by atoms with E-state index in [0.29, 0.717) is 24.3 Å². The van der Waals surface area contributed by atoms with Crippen LogP contribution in [0.5, 0.6) is 11.5 Å². The van der Waals surface area contributed by atoms with Crippen LogP contribution in [-0.2, 0) is 21.3 Å². The van der Waals surface area contributed by atoms with E-state index in [4.69, 9.17) is 14.2 Å². The largest absolute Gasteiger partial charge is 0.504 e. The Hall–Kier alpha value is -1.30. The Kier molecular flexibility index (Phi) is 3.26. The van der Waals surface area contributed by atoms with E-state index in [9.17, 15) is 5.11 Å². The smallest absolute Gasteiger partial charge is 0.177 e. The fourth-order valence-electron chi connectivity index (χ4n) is 6.78. The number of rotatable bonds is 2. The Morgan fingerprint density at radius 2 is 2.08 bits per heavy atom. The van der Waals surface area contributed by atoms with Crippen LogP contribution in [0.2, 0.25) is 0 Å². The molecule has 5 nitrogen and oxygen atoms in total. The van der Waals surface area contributed by atoms with E-state index in [1.165, 1.54) is 11.1 Å². The third kappa shape index (κ3) is 1.70. The van der Waals surface area contributed by atoms with E-state index in [0.717, 1.165) is 25.8 Å². The first-order valence-corrected chi connectivity index (χ1v) is 9.40. The van der Waals surface area contributed by atoms with Crippen molar-refractivity contribution in [1.29, 1.82) is 0 Å². The Bertz CT molecular complexity index is 716. The number of hydrogen-bond acceptors (Lipinski definition) is 5. The number of nitrogens with one attached hydrogen (secondary N) is 1. The van der Waals surface area contributed by atoms with Crippen LogP contribution >= 0.6 is 0 Å². The van der Waals surface area contributed by atoms with Gasteiger partial charge >= 0.3 is 0 Å². The molecule has 1 saturated heterocycles. The predicted octanol–water partition coefficient (Wildman–Crippen LogP) is 2.20. The SMILES string of the molecule is COC1(OC)C(C)CC2[C@H]3Cc4ccc(O)c5c4[C@@]2(CCN3)C1CO5. The summed E-state index contributed by atoms with van der Waals surface area (Å²) >= 11 is 0. The van der Waals surface area contributed by atoms with Gasteiger partial charge in [-0.3, -0.25) is 0 Å². The Morgan fingerprint density at radius 1 is 1.28 bits per heavy atom. The average molecular weight is 345 g/mol. The summed E-state index contributed by atoms with van der Waals surface area (Å²) in [6, 6.07) is 4.34. The second-order valence-corrected chi connectivity index (χ2v) is 8.24.